The predicted octanol–water partition coefficient (Wildman–Crippen LogP) is 9.82. The average Bonchev–Trinajstić information content (AvgIpc) is 4.11. The Balaban J connectivity index is 1.36. The van der Waals surface area contributed by atoms with E-state index in [1.165, 1.54) is 23.7 Å². The molecule has 318 valence electrons. The zero-order valence-electron chi connectivity index (χ0n) is 32.2. The predicted molar refractivity (Wildman–Crippen MR) is 219 cm³/mol. The third kappa shape index (κ3) is 9.37. The summed E-state index contributed by atoms with van der Waals surface area (Å²) in [4.78, 5) is 18.7. The summed E-state index contributed by atoms with van der Waals surface area (Å²) in [6, 6.07) is 7.74. The van der Waals surface area contributed by atoms with Gasteiger partial charge in [0.05, 0.1) is 44.7 Å². The van der Waals surface area contributed by atoms with Gasteiger partial charge in [0.15, 0.2) is 5.82 Å². The van der Waals surface area contributed by atoms with E-state index < -0.39 is 89.0 Å². The number of hydrogen-bond acceptors (Lipinski definition) is 8. The highest BCUT2D eigenvalue weighted by Gasteiger charge is 2.66. The van der Waals surface area contributed by atoms with Crippen LogP contribution in [0.15, 0.2) is 53.7 Å². The Morgan fingerprint density at radius 3 is 2.43 bits per heavy atom. The van der Waals surface area contributed by atoms with Crippen molar-refractivity contribution in [2.75, 3.05) is 17.5 Å². The van der Waals surface area contributed by atoms with Crippen molar-refractivity contribution in [2.24, 2.45) is 11.8 Å². The van der Waals surface area contributed by atoms with E-state index in [9.17, 15) is 31.1 Å². The Kier molecular flexibility index (Phi) is 12.4. The number of alkyl halides is 6. The van der Waals surface area contributed by atoms with Crippen LogP contribution in [0.5, 0.6) is 0 Å². The lowest BCUT2D eigenvalue weighted by Gasteiger charge is -2.24. The molecule has 3 unspecified atom stereocenters. The molecule has 1 amide bonds. The van der Waals surface area contributed by atoms with Crippen molar-refractivity contribution in [3.8, 4) is 23.0 Å². The second-order valence-corrected chi connectivity index (χ2v) is 18.2. The van der Waals surface area contributed by atoms with Crippen molar-refractivity contribution in [2.45, 2.75) is 80.9 Å². The number of carbonyl (C=O) groups excluding carboxylic acids is 1. The molecule has 60 heavy (non-hydrogen) atoms. The molecule has 0 spiro atoms. The van der Waals surface area contributed by atoms with Gasteiger partial charge in [0.2, 0.25) is 5.91 Å². The molecule has 4 N–H and O–H groups in total. The summed E-state index contributed by atoms with van der Waals surface area (Å²) < 4.78 is 119. The number of fused-ring (bicyclic) bond motifs is 2. The number of anilines is 1. The maximum absolute atomic E-state index is 15.3. The van der Waals surface area contributed by atoms with E-state index in [0.29, 0.717) is 22.3 Å². The summed E-state index contributed by atoms with van der Waals surface area (Å²) >= 11 is 9.59. The first kappa shape index (κ1) is 43.6. The molecule has 8 nitrogen and oxygen atoms in total. The molecule has 4 aromatic rings. The van der Waals surface area contributed by atoms with Crippen LogP contribution >= 0.6 is 35.3 Å². The Bertz CT molecular complexity index is 2430. The van der Waals surface area contributed by atoms with Crippen molar-refractivity contribution in [3.05, 3.63) is 87.3 Å². The maximum atomic E-state index is 15.3. The largest absolute Gasteiger partial charge is 0.374 e. The van der Waals surface area contributed by atoms with Gasteiger partial charge in [-0.3, -0.25) is 14.9 Å². The van der Waals surface area contributed by atoms with Gasteiger partial charge in [0.25, 0.3) is 18.8 Å². The first-order chi connectivity index (χ1) is 28.4. The van der Waals surface area contributed by atoms with Gasteiger partial charge in [-0.1, -0.05) is 23.6 Å². The molecule has 2 fully saturated rings. The highest BCUT2D eigenvalue weighted by Crippen LogP contribution is 2.62. The van der Waals surface area contributed by atoms with Crippen LogP contribution in [0.1, 0.15) is 56.1 Å². The molecule has 0 saturated heterocycles. The number of rotatable bonds is 16. The third-order valence-corrected chi connectivity index (χ3v) is 13.0. The number of thioether (sulfide) groups is 1. The van der Waals surface area contributed by atoms with E-state index in [2.05, 4.69) is 32.3 Å². The van der Waals surface area contributed by atoms with Crippen molar-refractivity contribution in [1.82, 2.24) is 25.4 Å². The Labute approximate surface area is 353 Å². The summed E-state index contributed by atoms with van der Waals surface area (Å²) in [5.41, 5.74) is -1.64. The van der Waals surface area contributed by atoms with E-state index in [1.807, 2.05) is 20.1 Å². The van der Waals surface area contributed by atoms with Gasteiger partial charge in [0.1, 0.15) is 29.6 Å². The van der Waals surface area contributed by atoms with Gasteiger partial charge in [-0.15, -0.1) is 11.8 Å². The lowest BCUT2D eigenvalue weighted by Crippen LogP contribution is -2.41. The van der Waals surface area contributed by atoms with Crippen LogP contribution in [0.3, 0.4) is 0 Å². The Morgan fingerprint density at radius 1 is 1.08 bits per heavy atom. The van der Waals surface area contributed by atoms with Crippen molar-refractivity contribution in [1.29, 1.82) is 5.41 Å². The lowest BCUT2D eigenvalue weighted by molar-refractivity contribution is -0.121. The molecule has 3 atom stereocenters. The number of pyridine rings is 1. The van der Waals surface area contributed by atoms with Crippen LogP contribution in [0.4, 0.5) is 40.9 Å². The average molecular weight is 896 g/mol. The molecule has 0 aliphatic heterocycles. The summed E-state index contributed by atoms with van der Waals surface area (Å²) in [5.74, 6) is -2.23. The molecule has 19 heteroatoms. The fourth-order valence-corrected chi connectivity index (χ4v) is 8.37. The smallest absolute Gasteiger partial charge is 0.290 e. The monoisotopic (exact) mass is 895 g/mol. The highest BCUT2D eigenvalue weighted by molar-refractivity contribution is 8.01. The van der Waals surface area contributed by atoms with Gasteiger partial charge in [-0.05, 0) is 105 Å². The van der Waals surface area contributed by atoms with E-state index in [4.69, 9.17) is 22.0 Å². The number of allylic oxidation sites excluding steroid dienone is 2. The Morgan fingerprint density at radius 2 is 1.78 bits per heavy atom. The third-order valence-electron chi connectivity index (χ3n) is 10.4. The fraction of sp³-hybridized carbons (Fsp3) is 0.415. The van der Waals surface area contributed by atoms with Crippen LogP contribution in [-0.4, -0.2) is 68.0 Å². The minimum Gasteiger partial charge on any atom is -0.374 e. The molecule has 0 radical (unpaired) electrons. The van der Waals surface area contributed by atoms with Crippen LogP contribution < -0.4 is 15.4 Å². The molecule has 2 aromatic carbocycles. The molecule has 7 rings (SSSR count). The lowest BCUT2D eigenvalue weighted by atomic mass is 9.93. The van der Waals surface area contributed by atoms with E-state index >= 15 is 8.78 Å². The number of amides is 1. The SMILES string of the molecule is CSC(C)(C)C#Cc1ccc(-c2ccc(Cl)c3c(NSC4CC4)nn(CC(F)F)c23)c(C(Cc2cc(F)cc(F)c2)NC(=O)CNC2=C(C(=N)C(F)F)C3CC3C2(F)F)n1. The first-order valence-electron chi connectivity index (χ1n) is 18.8. The number of halogens is 9. The number of hydrogen-bond donors (Lipinski definition) is 4. The van der Waals surface area contributed by atoms with Gasteiger partial charge in [-0.25, -0.2) is 31.3 Å². The normalized spacial score (nSPS) is 18.7. The fourth-order valence-electron chi connectivity index (χ4n) is 7.19. The van der Waals surface area contributed by atoms with Gasteiger partial charge in [0, 0.05) is 33.9 Å². The minimum absolute atomic E-state index is 0.0592. The van der Waals surface area contributed by atoms with Crippen molar-refractivity contribution in [3.63, 3.8) is 0 Å². The number of nitrogens with zero attached hydrogens (tertiary/aromatic N) is 3. The molecule has 3 aliphatic rings. The maximum Gasteiger partial charge on any atom is 0.290 e. The molecule has 3 aliphatic carbocycles. The van der Waals surface area contributed by atoms with Gasteiger partial charge >= 0.3 is 0 Å². The Hall–Kier alpha value is -4.47. The van der Waals surface area contributed by atoms with E-state index in [0.717, 1.165) is 29.7 Å². The molecule has 0 bridgehead atoms. The minimum atomic E-state index is -3.60. The van der Waals surface area contributed by atoms with Crippen LogP contribution in [-0.2, 0) is 17.8 Å². The van der Waals surface area contributed by atoms with Crippen LogP contribution in [0.2, 0.25) is 5.02 Å². The van der Waals surface area contributed by atoms with Crippen molar-refractivity contribution >= 4 is 63.7 Å². The van der Waals surface area contributed by atoms with E-state index in [1.54, 1.807) is 24.3 Å². The summed E-state index contributed by atoms with van der Waals surface area (Å²) in [6.07, 6.45) is -2.76. The topological polar surface area (TPSA) is 108 Å². The molecule has 2 heterocycles. The van der Waals surface area contributed by atoms with Gasteiger partial charge < -0.3 is 15.4 Å². The standard InChI is InChI=1S/C41H38ClF8N7OS2/c1-40(2,59-3)11-10-22-4-7-24(25-8-9-28(42)33-36(25)57(18-30(45)46)55-39(33)56-60-23-5-6-23)35(53-22)29(14-19-12-20(43)15-21(44)13-19)54-31(58)17-52-37-32(34(51)38(47)48)26-16-27(26)41(37,49)50/h4,7-9,12-13,15,23,26-27,29-30,38,51-52H,5-6,14,16-18H2,1-3H3,(H,54,58)(H,55,56). The van der Waals surface area contributed by atoms with Crippen LogP contribution in [0.25, 0.3) is 22.0 Å². The second kappa shape index (κ2) is 17.1. The number of carbonyl (C=O) groups is 1. The zero-order valence-corrected chi connectivity index (χ0v) is 34.6. The van der Waals surface area contributed by atoms with Gasteiger partial charge in [-0.2, -0.15) is 13.9 Å². The molecular weight excluding hydrogens is 858 g/mol. The zero-order chi connectivity index (χ0) is 43.3. The summed E-state index contributed by atoms with van der Waals surface area (Å²) in [5, 5.41) is 18.2. The van der Waals surface area contributed by atoms with E-state index in [-0.39, 0.29) is 51.7 Å². The first-order valence-corrected chi connectivity index (χ1v) is 21.3. The molecule has 2 aromatic heterocycles. The van der Waals surface area contributed by atoms with Crippen molar-refractivity contribution < 1.29 is 39.9 Å². The molecular formula is C41H38ClF8N7OS2. The summed E-state index contributed by atoms with van der Waals surface area (Å²) in [7, 11) is 0. The molecule has 2 saturated carbocycles. The number of nitrogens with one attached hydrogen (secondary N) is 4. The van der Waals surface area contributed by atoms with Crippen LogP contribution in [0, 0.1) is 40.7 Å². The highest BCUT2D eigenvalue weighted by atomic mass is 35.5. The quantitative estimate of drug-likeness (QED) is 0.0384. The number of benzene rings is 2. The summed E-state index contributed by atoms with van der Waals surface area (Å²) in [6.45, 7) is 2.08. The second-order valence-electron chi connectivity index (χ2n) is 15.3. The number of aromatic nitrogens is 3.